The molecule has 19 heavy (non-hydrogen) atoms. The summed E-state index contributed by atoms with van der Waals surface area (Å²) in [5.41, 5.74) is 1.19. The number of rotatable bonds is 8. The molecule has 0 aliphatic carbocycles. The summed E-state index contributed by atoms with van der Waals surface area (Å²) in [5, 5.41) is 3.31. The summed E-state index contributed by atoms with van der Waals surface area (Å²) in [6, 6.07) is 10.1. The van der Waals surface area contributed by atoms with Crippen LogP contribution in [0.3, 0.4) is 0 Å². The minimum Gasteiger partial charge on any atom is -0.339 e. The highest BCUT2D eigenvalue weighted by atomic mass is 16.2. The molecule has 0 radical (unpaired) electrons. The third kappa shape index (κ3) is 6.39. The molecule has 1 N–H and O–H groups in total. The van der Waals surface area contributed by atoms with E-state index >= 15 is 0 Å². The molecule has 3 heteroatoms. The zero-order valence-electron chi connectivity index (χ0n) is 12.4. The lowest BCUT2D eigenvalue weighted by atomic mass is 10.2. The zero-order valence-corrected chi connectivity index (χ0v) is 12.4. The second-order valence-electron chi connectivity index (χ2n) is 5.24. The van der Waals surface area contributed by atoms with Crippen LogP contribution in [0.15, 0.2) is 30.3 Å². The average molecular weight is 262 g/mol. The van der Waals surface area contributed by atoms with Crippen molar-refractivity contribution in [3.8, 4) is 0 Å². The van der Waals surface area contributed by atoms with Gasteiger partial charge in [0.1, 0.15) is 0 Å². The summed E-state index contributed by atoms with van der Waals surface area (Å²) in [7, 11) is 0. The predicted molar refractivity (Wildman–Crippen MR) is 79.9 cm³/mol. The van der Waals surface area contributed by atoms with E-state index in [0.29, 0.717) is 18.9 Å². The minimum absolute atomic E-state index is 0.225. The Morgan fingerprint density at radius 3 is 2.53 bits per heavy atom. The van der Waals surface area contributed by atoms with Crippen molar-refractivity contribution in [1.29, 1.82) is 0 Å². The Morgan fingerprint density at radius 1 is 1.26 bits per heavy atom. The van der Waals surface area contributed by atoms with Gasteiger partial charge in [0, 0.05) is 26.1 Å². The van der Waals surface area contributed by atoms with Crippen molar-refractivity contribution in [3.63, 3.8) is 0 Å². The molecule has 0 fully saturated rings. The first-order chi connectivity index (χ1) is 9.13. The van der Waals surface area contributed by atoms with Crippen molar-refractivity contribution < 1.29 is 4.79 Å². The molecular formula is C16H26N2O. The first kappa shape index (κ1) is 15.7. The van der Waals surface area contributed by atoms with Gasteiger partial charge in [-0.3, -0.25) is 4.79 Å². The maximum absolute atomic E-state index is 12.1. The van der Waals surface area contributed by atoms with Crippen LogP contribution in [0, 0.1) is 5.92 Å². The van der Waals surface area contributed by atoms with E-state index in [1.807, 2.05) is 30.0 Å². The summed E-state index contributed by atoms with van der Waals surface area (Å²) in [5.74, 6) is 0.851. The Labute approximate surface area is 117 Å². The predicted octanol–water partition coefficient (Wildman–Crippen LogP) is 2.67. The molecule has 0 bridgehead atoms. The molecule has 0 aliphatic heterocycles. The molecule has 0 saturated carbocycles. The Balaban J connectivity index is 2.35. The van der Waals surface area contributed by atoms with Crippen LogP contribution in [0.5, 0.6) is 0 Å². The monoisotopic (exact) mass is 262 g/mol. The Bertz CT molecular complexity index is 362. The van der Waals surface area contributed by atoms with Crippen LogP contribution >= 0.6 is 0 Å². The smallest absolute Gasteiger partial charge is 0.224 e. The summed E-state index contributed by atoms with van der Waals surface area (Å²) in [6.45, 7) is 9.58. The molecule has 1 aromatic carbocycles. The molecule has 0 saturated heterocycles. The van der Waals surface area contributed by atoms with Gasteiger partial charge in [-0.1, -0.05) is 44.2 Å². The SMILES string of the molecule is CCN(Cc1ccccc1)C(=O)CCNCC(C)C. The molecule has 1 amide bonds. The normalized spacial score (nSPS) is 10.7. The molecule has 0 heterocycles. The lowest BCUT2D eigenvalue weighted by Gasteiger charge is -2.21. The van der Waals surface area contributed by atoms with E-state index < -0.39 is 0 Å². The molecule has 0 unspecified atom stereocenters. The van der Waals surface area contributed by atoms with Crippen LogP contribution < -0.4 is 5.32 Å². The summed E-state index contributed by atoms with van der Waals surface area (Å²) in [6.07, 6.45) is 0.577. The van der Waals surface area contributed by atoms with Gasteiger partial charge in [0.05, 0.1) is 0 Å². The second-order valence-corrected chi connectivity index (χ2v) is 5.24. The van der Waals surface area contributed by atoms with Gasteiger partial charge in [0.15, 0.2) is 0 Å². The van der Waals surface area contributed by atoms with E-state index in [0.717, 1.165) is 19.6 Å². The van der Waals surface area contributed by atoms with Gasteiger partial charge in [-0.05, 0) is 24.9 Å². The number of carbonyl (C=O) groups excluding carboxylic acids is 1. The van der Waals surface area contributed by atoms with Crippen molar-refractivity contribution in [2.45, 2.75) is 33.7 Å². The minimum atomic E-state index is 0.225. The highest BCUT2D eigenvalue weighted by molar-refractivity contribution is 5.76. The second kappa shape index (κ2) is 8.70. The van der Waals surface area contributed by atoms with E-state index in [4.69, 9.17) is 0 Å². The third-order valence-electron chi connectivity index (χ3n) is 3.02. The standard InChI is InChI=1S/C16H26N2O/c1-4-18(13-15-8-6-5-7-9-15)16(19)10-11-17-12-14(2)3/h5-9,14,17H,4,10-13H2,1-3H3. The molecule has 1 rings (SSSR count). The number of hydrogen-bond acceptors (Lipinski definition) is 2. The fourth-order valence-electron chi connectivity index (χ4n) is 1.92. The van der Waals surface area contributed by atoms with Crippen molar-refractivity contribution in [3.05, 3.63) is 35.9 Å². The van der Waals surface area contributed by atoms with Crippen LogP contribution in [-0.4, -0.2) is 30.4 Å². The van der Waals surface area contributed by atoms with Gasteiger partial charge in [-0.15, -0.1) is 0 Å². The van der Waals surface area contributed by atoms with Crippen LogP contribution in [0.4, 0.5) is 0 Å². The Hall–Kier alpha value is -1.35. The molecule has 1 aromatic rings. The summed E-state index contributed by atoms with van der Waals surface area (Å²) >= 11 is 0. The molecule has 106 valence electrons. The van der Waals surface area contributed by atoms with Gasteiger partial charge < -0.3 is 10.2 Å². The Morgan fingerprint density at radius 2 is 1.95 bits per heavy atom. The molecule has 0 spiro atoms. The van der Waals surface area contributed by atoms with Gasteiger partial charge in [0.2, 0.25) is 5.91 Å². The summed E-state index contributed by atoms with van der Waals surface area (Å²) < 4.78 is 0. The lowest BCUT2D eigenvalue weighted by Crippen LogP contribution is -2.33. The number of benzene rings is 1. The summed E-state index contributed by atoms with van der Waals surface area (Å²) in [4.78, 5) is 14.0. The highest BCUT2D eigenvalue weighted by Gasteiger charge is 2.11. The van der Waals surface area contributed by atoms with E-state index in [2.05, 4.69) is 31.3 Å². The molecule has 0 aromatic heterocycles. The molecule has 0 atom stereocenters. The largest absolute Gasteiger partial charge is 0.339 e. The number of amides is 1. The van der Waals surface area contributed by atoms with Gasteiger partial charge in [-0.25, -0.2) is 0 Å². The zero-order chi connectivity index (χ0) is 14.1. The van der Waals surface area contributed by atoms with Gasteiger partial charge in [0.25, 0.3) is 0 Å². The maximum atomic E-state index is 12.1. The van der Waals surface area contributed by atoms with E-state index in [9.17, 15) is 4.79 Å². The molecule has 0 aliphatic rings. The van der Waals surface area contributed by atoms with E-state index in [-0.39, 0.29) is 5.91 Å². The molecule has 3 nitrogen and oxygen atoms in total. The van der Waals surface area contributed by atoms with Crippen molar-refractivity contribution in [2.75, 3.05) is 19.6 Å². The maximum Gasteiger partial charge on any atom is 0.224 e. The van der Waals surface area contributed by atoms with Crippen molar-refractivity contribution >= 4 is 5.91 Å². The van der Waals surface area contributed by atoms with Crippen molar-refractivity contribution in [1.82, 2.24) is 10.2 Å². The Kier molecular flexibility index (Phi) is 7.19. The topological polar surface area (TPSA) is 32.3 Å². The fourth-order valence-corrected chi connectivity index (χ4v) is 1.92. The first-order valence-corrected chi connectivity index (χ1v) is 7.16. The van der Waals surface area contributed by atoms with E-state index in [1.165, 1.54) is 5.56 Å². The number of nitrogens with one attached hydrogen (secondary N) is 1. The first-order valence-electron chi connectivity index (χ1n) is 7.16. The van der Waals surface area contributed by atoms with Crippen LogP contribution in [0.1, 0.15) is 32.8 Å². The van der Waals surface area contributed by atoms with Crippen molar-refractivity contribution in [2.24, 2.45) is 5.92 Å². The number of hydrogen-bond donors (Lipinski definition) is 1. The average Bonchev–Trinajstić information content (AvgIpc) is 2.41. The van der Waals surface area contributed by atoms with E-state index in [1.54, 1.807) is 0 Å². The molecular weight excluding hydrogens is 236 g/mol. The number of carbonyl (C=O) groups is 1. The fraction of sp³-hybridized carbons (Fsp3) is 0.562. The van der Waals surface area contributed by atoms with Crippen LogP contribution in [0.25, 0.3) is 0 Å². The number of nitrogens with zero attached hydrogens (tertiary/aromatic N) is 1. The third-order valence-corrected chi connectivity index (χ3v) is 3.02. The van der Waals surface area contributed by atoms with Crippen LogP contribution in [-0.2, 0) is 11.3 Å². The quantitative estimate of drug-likeness (QED) is 0.731. The van der Waals surface area contributed by atoms with Gasteiger partial charge in [-0.2, -0.15) is 0 Å². The lowest BCUT2D eigenvalue weighted by molar-refractivity contribution is -0.131. The highest BCUT2D eigenvalue weighted by Crippen LogP contribution is 2.05. The van der Waals surface area contributed by atoms with Crippen LogP contribution in [0.2, 0.25) is 0 Å². The van der Waals surface area contributed by atoms with Gasteiger partial charge >= 0.3 is 0 Å².